The highest BCUT2D eigenvalue weighted by Crippen LogP contribution is 2.25. The van der Waals surface area contributed by atoms with Crippen molar-refractivity contribution in [3.8, 4) is 0 Å². The molecule has 1 aliphatic rings. The molecule has 4 rings (SSSR count). The van der Waals surface area contributed by atoms with E-state index in [1.165, 1.54) is 22.5 Å². The van der Waals surface area contributed by atoms with Crippen molar-refractivity contribution in [3.05, 3.63) is 66.7 Å². The molecule has 0 saturated carbocycles. The van der Waals surface area contributed by atoms with Crippen LogP contribution >= 0.6 is 0 Å². The van der Waals surface area contributed by atoms with Gasteiger partial charge in [-0.1, -0.05) is 36.4 Å². The van der Waals surface area contributed by atoms with Crippen molar-refractivity contribution in [1.82, 2.24) is 4.31 Å². The van der Waals surface area contributed by atoms with Gasteiger partial charge in [0.05, 0.1) is 15.5 Å². The highest BCUT2D eigenvalue weighted by molar-refractivity contribution is 7.92. The van der Waals surface area contributed by atoms with Crippen molar-refractivity contribution in [1.29, 1.82) is 0 Å². The monoisotopic (exact) mass is 416 g/mol. The van der Waals surface area contributed by atoms with E-state index in [0.29, 0.717) is 13.1 Å². The fraction of sp³-hybridized carbons (Fsp3) is 0.200. The summed E-state index contributed by atoms with van der Waals surface area (Å²) >= 11 is 0. The minimum atomic E-state index is -3.84. The third kappa shape index (κ3) is 3.63. The number of sulfonamides is 2. The van der Waals surface area contributed by atoms with Crippen LogP contribution in [0.5, 0.6) is 0 Å². The lowest BCUT2D eigenvalue weighted by molar-refractivity contribution is 0.477. The van der Waals surface area contributed by atoms with E-state index < -0.39 is 20.0 Å². The van der Waals surface area contributed by atoms with Crippen molar-refractivity contribution in [3.63, 3.8) is 0 Å². The largest absolute Gasteiger partial charge is 0.280 e. The first-order chi connectivity index (χ1) is 13.4. The number of nitrogens with one attached hydrogen (secondary N) is 1. The Labute approximate surface area is 164 Å². The molecule has 0 aromatic heterocycles. The van der Waals surface area contributed by atoms with Crippen LogP contribution in [-0.4, -0.2) is 34.2 Å². The van der Waals surface area contributed by atoms with Gasteiger partial charge < -0.3 is 0 Å². The first kappa shape index (κ1) is 18.9. The molecule has 0 bridgehead atoms. The van der Waals surface area contributed by atoms with Crippen molar-refractivity contribution >= 4 is 36.5 Å². The highest BCUT2D eigenvalue weighted by Gasteiger charge is 2.27. The molecule has 1 heterocycles. The number of rotatable bonds is 5. The molecule has 0 amide bonds. The van der Waals surface area contributed by atoms with Crippen LogP contribution in [0.1, 0.15) is 12.8 Å². The van der Waals surface area contributed by atoms with E-state index in [-0.39, 0.29) is 15.5 Å². The Morgan fingerprint density at radius 3 is 2.18 bits per heavy atom. The molecular weight excluding hydrogens is 396 g/mol. The number of anilines is 1. The van der Waals surface area contributed by atoms with Crippen LogP contribution < -0.4 is 4.72 Å². The molecule has 28 heavy (non-hydrogen) atoms. The number of hydrogen-bond donors (Lipinski definition) is 1. The van der Waals surface area contributed by atoms with Crippen LogP contribution in [0.3, 0.4) is 0 Å². The van der Waals surface area contributed by atoms with Gasteiger partial charge in [0.2, 0.25) is 10.0 Å². The minimum Gasteiger partial charge on any atom is -0.280 e. The summed E-state index contributed by atoms with van der Waals surface area (Å²) in [6.45, 7) is 0.991. The Kier molecular flexibility index (Phi) is 4.86. The van der Waals surface area contributed by atoms with Gasteiger partial charge in [-0.05, 0) is 53.9 Å². The van der Waals surface area contributed by atoms with Gasteiger partial charge in [-0.2, -0.15) is 4.31 Å². The van der Waals surface area contributed by atoms with Gasteiger partial charge in [-0.25, -0.2) is 16.8 Å². The first-order valence-electron chi connectivity index (χ1n) is 8.98. The van der Waals surface area contributed by atoms with Gasteiger partial charge >= 0.3 is 0 Å². The molecule has 1 aliphatic heterocycles. The number of benzene rings is 3. The molecule has 0 unspecified atom stereocenters. The maximum atomic E-state index is 12.8. The lowest BCUT2D eigenvalue weighted by Gasteiger charge is -2.16. The zero-order valence-electron chi connectivity index (χ0n) is 15.1. The van der Waals surface area contributed by atoms with Crippen LogP contribution in [0, 0.1) is 0 Å². The summed E-state index contributed by atoms with van der Waals surface area (Å²) in [5, 5.41) is 1.76. The number of nitrogens with zero attached hydrogens (tertiary/aromatic N) is 1. The molecule has 3 aromatic rings. The zero-order valence-corrected chi connectivity index (χ0v) is 16.7. The van der Waals surface area contributed by atoms with Gasteiger partial charge in [0.15, 0.2) is 0 Å². The van der Waals surface area contributed by atoms with Gasteiger partial charge in [-0.15, -0.1) is 0 Å². The summed E-state index contributed by atoms with van der Waals surface area (Å²) in [7, 11) is -7.46. The Balaban J connectivity index is 1.64. The maximum Gasteiger partial charge on any atom is 0.261 e. The summed E-state index contributed by atoms with van der Waals surface area (Å²) in [5.74, 6) is 0. The van der Waals surface area contributed by atoms with E-state index in [1.807, 2.05) is 24.3 Å². The third-order valence-electron chi connectivity index (χ3n) is 4.82. The van der Waals surface area contributed by atoms with Gasteiger partial charge in [-0.3, -0.25) is 4.72 Å². The standard InChI is InChI=1S/C20H20N2O4S2/c23-27(24,19-11-10-16-6-1-2-7-17(16)14-19)21-18-8-5-9-20(15-18)28(25,26)22-12-3-4-13-22/h1-2,5-11,14-15,21H,3-4,12-13H2. The van der Waals surface area contributed by atoms with Crippen molar-refractivity contribution in [2.24, 2.45) is 0 Å². The normalized spacial score (nSPS) is 15.7. The summed E-state index contributed by atoms with van der Waals surface area (Å²) in [5.41, 5.74) is 0.216. The third-order valence-corrected chi connectivity index (χ3v) is 8.09. The molecule has 0 atom stereocenters. The fourth-order valence-corrected chi connectivity index (χ4v) is 5.99. The summed E-state index contributed by atoms with van der Waals surface area (Å²) in [4.78, 5) is 0.215. The quantitative estimate of drug-likeness (QED) is 0.691. The molecule has 0 aliphatic carbocycles. The van der Waals surface area contributed by atoms with Crippen molar-refractivity contribution in [2.75, 3.05) is 17.8 Å². The second kappa shape index (κ2) is 7.20. The molecule has 8 heteroatoms. The Morgan fingerprint density at radius 1 is 0.714 bits per heavy atom. The lowest BCUT2D eigenvalue weighted by atomic mass is 10.1. The second-order valence-electron chi connectivity index (χ2n) is 6.75. The zero-order chi connectivity index (χ0) is 19.8. The number of fused-ring (bicyclic) bond motifs is 1. The molecule has 1 saturated heterocycles. The topological polar surface area (TPSA) is 83.5 Å². The molecule has 0 radical (unpaired) electrons. The van der Waals surface area contributed by atoms with Gasteiger partial charge in [0.25, 0.3) is 10.0 Å². The maximum absolute atomic E-state index is 12.8. The van der Waals surface area contributed by atoms with E-state index in [9.17, 15) is 16.8 Å². The lowest BCUT2D eigenvalue weighted by Crippen LogP contribution is -2.27. The Morgan fingerprint density at radius 2 is 1.43 bits per heavy atom. The van der Waals surface area contributed by atoms with E-state index >= 15 is 0 Å². The molecule has 3 aromatic carbocycles. The molecule has 146 valence electrons. The molecule has 1 fully saturated rings. The van der Waals surface area contributed by atoms with Crippen LogP contribution in [0.4, 0.5) is 5.69 Å². The molecule has 6 nitrogen and oxygen atoms in total. The predicted molar refractivity (Wildman–Crippen MR) is 109 cm³/mol. The number of hydrogen-bond acceptors (Lipinski definition) is 4. The Hall–Kier alpha value is -2.42. The molecule has 1 N–H and O–H groups in total. The van der Waals surface area contributed by atoms with Crippen LogP contribution in [0.2, 0.25) is 0 Å². The fourth-order valence-electron chi connectivity index (χ4n) is 3.35. The SMILES string of the molecule is O=S(=O)(Nc1cccc(S(=O)(=O)N2CCCC2)c1)c1ccc2ccccc2c1. The van der Waals surface area contributed by atoms with E-state index in [4.69, 9.17) is 0 Å². The van der Waals surface area contributed by atoms with Crippen LogP contribution in [-0.2, 0) is 20.0 Å². The Bertz CT molecular complexity index is 1230. The van der Waals surface area contributed by atoms with E-state index in [1.54, 1.807) is 24.3 Å². The van der Waals surface area contributed by atoms with Crippen molar-refractivity contribution < 1.29 is 16.8 Å². The first-order valence-corrected chi connectivity index (χ1v) is 11.9. The predicted octanol–water partition coefficient (Wildman–Crippen LogP) is 3.43. The van der Waals surface area contributed by atoms with E-state index in [0.717, 1.165) is 23.6 Å². The smallest absolute Gasteiger partial charge is 0.261 e. The second-order valence-corrected chi connectivity index (χ2v) is 10.4. The van der Waals surface area contributed by atoms with Gasteiger partial charge in [0, 0.05) is 13.1 Å². The minimum absolute atomic E-state index is 0.0908. The van der Waals surface area contributed by atoms with Crippen LogP contribution in [0.25, 0.3) is 10.8 Å². The summed E-state index contributed by atoms with van der Waals surface area (Å²) in [6, 6.07) is 18.3. The summed E-state index contributed by atoms with van der Waals surface area (Å²) in [6.07, 6.45) is 1.68. The molecular formula is C20H20N2O4S2. The summed E-state index contributed by atoms with van der Waals surface area (Å²) < 4.78 is 54.9. The van der Waals surface area contributed by atoms with Crippen molar-refractivity contribution in [2.45, 2.75) is 22.6 Å². The average molecular weight is 417 g/mol. The van der Waals surface area contributed by atoms with Crippen LogP contribution in [0.15, 0.2) is 76.5 Å². The average Bonchev–Trinajstić information content (AvgIpc) is 3.23. The van der Waals surface area contributed by atoms with E-state index in [2.05, 4.69) is 4.72 Å². The van der Waals surface area contributed by atoms with Gasteiger partial charge in [0.1, 0.15) is 0 Å². The molecule has 0 spiro atoms. The highest BCUT2D eigenvalue weighted by atomic mass is 32.2.